The molecule has 0 radical (unpaired) electrons. The molecule has 1 fully saturated rings. The van der Waals surface area contributed by atoms with E-state index in [0.29, 0.717) is 32.1 Å². The quantitative estimate of drug-likeness (QED) is 0.857. The van der Waals surface area contributed by atoms with E-state index >= 15 is 0 Å². The van der Waals surface area contributed by atoms with Gasteiger partial charge < -0.3 is 15.0 Å². The molecule has 1 aliphatic rings. The second kappa shape index (κ2) is 8.58. The minimum Gasteiger partial charge on any atom is -0.378 e. The number of hydrogen-bond acceptors (Lipinski definition) is 5. The highest BCUT2D eigenvalue weighted by atomic mass is 35.5. The molecule has 1 aromatic heterocycles. The van der Waals surface area contributed by atoms with E-state index in [1.807, 2.05) is 27.7 Å². The standard InChI is InChI=1S/C17H25ClN4O3/c1-10(2)13(17(24)22-5-7-25-8-6-22)21-16(23)14-12(18)9-19-15(20-14)11(3)4/h9-11,13H,5-8H2,1-4H3,(H,21,23). The van der Waals surface area contributed by atoms with Gasteiger partial charge in [0.1, 0.15) is 17.6 Å². The molecule has 1 saturated heterocycles. The molecule has 0 aromatic carbocycles. The van der Waals surface area contributed by atoms with Crippen molar-refractivity contribution in [3.63, 3.8) is 0 Å². The Morgan fingerprint density at radius 3 is 2.44 bits per heavy atom. The van der Waals surface area contributed by atoms with Gasteiger partial charge >= 0.3 is 0 Å². The zero-order valence-corrected chi connectivity index (χ0v) is 15.8. The number of halogens is 1. The summed E-state index contributed by atoms with van der Waals surface area (Å²) >= 11 is 6.09. The summed E-state index contributed by atoms with van der Waals surface area (Å²) in [6.07, 6.45) is 1.42. The molecule has 0 aliphatic carbocycles. The Morgan fingerprint density at radius 2 is 1.88 bits per heavy atom. The lowest BCUT2D eigenvalue weighted by Gasteiger charge is -2.32. The number of morpholine rings is 1. The van der Waals surface area contributed by atoms with E-state index in [1.165, 1.54) is 6.20 Å². The van der Waals surface area contributed by atoms with Crippen LogP contribution < -0.4 is 5.32 Å². The van der Waals surface area contributed by atoms with Gasteiger partial charge in [-0.05, 0) is 5.92 Å². The van der Waals surface area contributed by atoms with Crippen LogP contribution in [-0.4, -0.2) is 59.0 Å². The van der Waals surface area contributed by atoms with E-state index in [-0.39, 0.29) is 28.5 Å². The maximum Gasteiger partial charge on any atom is 0.272 e. The van der Waals surface area contributed by atoms with Crippen molar-refractivity contribution in [3.05, 3.63) is 22.7 Å². The molecule has 1 N–H and O–H groups in total. The van der Waals surface area contributed by atoms with Crippen molar-refractivity contribution in [2.75, 3.05) is 26.3 Å². The van der Waals surface area contributed by atoms with Crippen LogP contribution in [0.1, 0.15) is 49.9 Å². The SMILES string of the molecule is CC(C)c1ncc(Cl)c(C(=O)NC(C(=O)N2CCOCC2)C(C)C)n1. The Kier molecular flexibility index (Phi) is 6.72. The first-order valence-electron chi connectivity index (χ1n) is 8.51. The number of carbonyl (C=O) groups is 2. The summed E-state index contributed by atoms with van der Waals surface area (Å²) in [5.74, 6) is -0.0326. The van der Waals surface area contributed by atoms with Crippen LogP contribution in [0.25, 0.3) is 0 Å². The van der Waals surface area contributed by atoms with Crippen molar-refractivity contribution in [3.8, 4) is 0 Å². The van der Waals surface area contributed by atoms with Gasteiger partial charge in [0, 0.05) is 19.0 Å². The van der Waals surface area contributed by atoms with Crippen LogP contribution in [0.3, 0.4) is 0 Å². The van der Waals surface area contributed by atoms with Gasteiger partial charge in [0.05, 0.1) is 24.4 Å². The van der Waals surface area contributed by atoms with Crippen LogP contribution in [-0.2, 0) is 9.53 Å². The molecular formula is C17H25ClN4O3. The van der Waals surface area contributed by atoms with Crippen LogP contribution in [0.4, 0.5) is 0 Å². The molecule has 7 nitrogen and oxygen atoms in total. The highest BCUT2D eigenvalue weighted by molar-refractivity contribution is 6.33. The summed E-state index contributed by atoms with van der Waals surface area (Å²) < 4.78 is 5.28. The summed E-state index contributed by atoms with van der Waals surface area (Å²) in [7, 11) is 0. The Labute approximate surface area is 153 Å². The van der Waals surface area contributed by atoms with Crippen LogP contribution in [0.5, 0.6) is 0 Å². The summed E-state index contributed by atoms with van der Waals surface area (Å²) in [6.45, 7) is 9.75. The van der Waals surface area contributed by atoms with Gasteiger partial charge in [0.15, 0.2) is 0 Å². The third kappa shape index (κ3) is 4.89. The lowest BCUT2D eigenvalue weighted by molar-refractivity contribution is -0.138. The summed E-state index contributed by atoms with van der Waals surface area (Å²) in [4.78, 5) is 35.5. The molecule has 0 saturated carbocycles. The number of hydrogen-bond donors (Lipinski definition) is 1. The van der Waals surface area contributed by atoms with Gasteiger partial charge in [-0.15, -0.1) is 0 Å². The number of rotatable bonds is 5. The lowest BCUT2D eigenvalue weighted by Crippen LogP contribution is -2.54. The van der Waals surface area contributed by atoms with E-state index in [2.05, 4.69) is 15.3 Å². The summed E-state index contributed by atoms with van der Waals surface area (Å²) in [6, 6.07) is -0.640. The van der Waals surface area contributed by atoms with Gasteiger partial charge in [0.25, 0.3) is 5.91 Å². The van der Waals surface area contributed by atoms with Gasteiger partial charge in [-0.1, -0.05) is 39.3 Å². The van der Waals surface area contributed by atoms with Crippen LogP contribution in [0.2, 0.25) is 5.02 Å². The third-order valence-electron chi connectivity index (χ3n) is 4.04. The minimum atomic E-state index is -0.640. The second-order valence-electron chi connectivity index (χ2n) is 6.71. The fourth-order valence-electron chi connectivity index (χ4n) is 2.52. The van der Waals surface area contributed by atoms with Crippen molar-refractivity contribution in [2.45, 2.75) is 39.7 Å². The third-order valence-corrected chi connectivity index (χ3v) is 4.31. The van der Waals surface area contributed by atoms with Gasteiger partial charge in [0.2, 0.25) is 5.91 Å². The molecule has 138 valence electrons. The van der Waals surface area contributed by atoms with Crippen molar-refractivity contribution in [1.29, 1.82) is 0 Å². The second-order valence-corrected chi connectivity index (χ2v) is 7.12. The van der Waals surface area contributed by atoms with Gasteiger partial charge in [-0.3, -0.25) is 9.59 Å². The molecule has 2 amide bonds. The minimum absolute atomic E-state index is 0.0653. The number of nitrogens with zero attached hydrogens (tertiary/aromatic N) is 3. The lowest BCUT2D eigenvalue weighted by atomic mass is 10.0. The molecule has 1 unspecified atom stereocenters. The molecule has 0 bridgehead atoms. The van der Waals surface area contributed by atoms with Crippen LogP contribution >= 0.6 is 11.6 Å². The normalized spacial score (nSPS) is 16.2. The molecule has 8 heteroatoms. The number of ether oxygens (including phenoxy) is 1. The van der Waals surface area contributed by atoms with Gasteiger partial charge in [-0.2, -0.15) is 0 Å². The Morgan fingerprint density at radius 1 is 1.24 bits per heavy atom. The zero-order valence-electron chi connectivity index (χ0n) is 15.1. The van der Waals surface area contributed by atoms with Crippen LogP contribution in [0.15, 0.2) is 6.20 Å². The first-order chi connectivity index (χ1) is 11.8. The van der Waals surface area contributed by atoms with E-state index < -0.39 is 11.9 Å². The predicted octanol–water partition coefficient (Wildman–Crippen LogP) is 1.87. The maximum atomic E-state index is 12.8. The molecule has 1 atom stereocenters. The predicted molar refractivity (Wildman–Crippen MR) is 94.6 cm³/mol. The maximum absolute atomic E-state index is 12.8. The molecule has 25 heavy (non-hydrogen) atoms. The first kappa shape index (κ1) is 19.6. The average molecular weight is 369 g/mol. The highest BCUT2D eigenvalue weighted by Crippen LogP contribution is 2.17. The monoisotopic (exact) mass is 368 g/mol. The number of nitrogens with one attached hydrogen (secondary N) is 1. The van der Waals surface area contributed by atoms with E-state index in [9.17, 15) is 9.59 Å². The van der Waals surface area contributed by atoms with Crippen molar-refractivity contribution < 1.29 is 14.3 Å². The summed E-state index contributed by atoms with van der Waals surface area (Å²) in [5, 5.41) is 2.96. The molecule has 2 heterocycles. The van der Waals surface area contributed by atoms with E-state index in [0.717, 1.165) is 0 Å². The van der Waals surface area contributed by atoms with Crippen molar-refractivity contribution in [1.82, 2.24) is 20.2 Å². The number of amides is 2. The zero-order chi connectivity index (χ0) is 18.6. The number of carbonyl (C=O) groups excluding carboxylic acids is 2. The topological polar surface area (TPSA) is 84.4 Å². The fourth-order valence-corrected chi connectivity index (χ4v) is 2.70. The Hall–Kier alpha value is -1.73. The van der Waals surface area contributed by atoms with Gasteiger partial charge in [-0.25, -0.2) is 9.97 Å². The van der Waals surface area contributed by atoms with Crippen LogP contribution in [0, 0.1) is 5.92 Å². The molecule has 0 spiro atoms. The molecule has 1 aliphatic heterocycles. The largest absolute Gasteiger partial charge is 0.378 e. The fraction of sp³-hybridized carbons (Fsp3) is 0.647. The van der Waals surface area contributed by atoms with E-state index in [4.69, 9.17) is 16.3 Å². The molecule has 2 rings (SSSR count). The summed E-state index contributed by atoms with van der Waals surface area (Å²) in [5.41, 5.74) is 0.0980. The Balaban J connectivity index is 2.17. The van der Waals surface area contributed by atoms with Crippen molar-refractivity contribution >= 4 is 23.4 Å². The van der Waals surface area contributed by atoms with Crippen molar-refractivity contribution in [2.24, 2.45) is 5.92 Å². The number of aromatic nitrogens is 2. The smallest absolute Gasteiger partial charge is 0.272 e. The van der Waals surface area contributed by atoms with E-state index in [1.54, 1.807) is 4.90 Å². The average Bonchev–Trinajstić information content (AvgIpc) is 2.59. The Bertz CT molecular complexity index is 630. The molecule has 1 aromatic rings. The molecular weight excluding hydrogens is 344 g/mol. The first-order valence-corrected chi connectivity index (χ1v) is 8.89. The highest BCUT2D eigenvalue weighted by Gasteiger charge is 2.30.